The third kappa shape index (κ3) is 1.46. The van der Waals surface area contributed by atoms with Crippen molar-refractivity contribution in [1.29, 1.82) is 0 Å². The molecule has 0 saturated heterocycles. The molecular weight excluding hydrogens is 217 g/mol. The number of halogens is 1. The van der Waals surface area contributed by atoms with Gasteiger partial charge in [-0.05, 0) is 27.9 Å². The highest BCUT2D eigenvalue weighted by Crippen LogP contribution is 2.56. The molecule has 0 bridgehead atoms. The number of para-hydroxylation sites is 1. The van der Waals surface area contributed by atoms with E-state index in [0.29, 0.717) is 11.1 Å². The van der Waals surface area contributed by atoms with Crippen molar-refractivity contribution in [2.75, 3.05) is 0 Å². The normalized spacial score (nSPS) is 24.4. The molecule has 62 valence electrons. The van der Waals surface area contributed by atoms with Crippen molar-refractivity contribution in [3.8, 4) is 5.75 Å². The van der Waals surface area contributed by atoms with Crippen LogP contribution in [0.3, 0.4) is 0 Å². The van der Waals surface area contributed by atoms with Crippen LogP contribution in [0.25, 0.3) is 0 Å². The van der Waals surface area contributed by atoms with E-state index in [0.717, 1.165) is 0 Å². The minimum atomic E-state index is -1.82. The van der Waals surface area contributed by atoms with Crippen LogP contribution < -0.4 is 9.83 Å². The van der Waals surface area contributed by atoms with Gasteiger partial charge < -0.3 is 4.52 Å². The molecule has 2 atom stereocenters. The highest BCUT2D eigenvalue weighted by molar-refractivity contribution is 7.81. The van der Waals surface area contributed by atoms with Crippen molar-refractivity contribution >= 4 is 32.3 Å². The summed E-state index contributed by atoms with van der Waals surface area (Å²) in [5.74, 6) is 0.561. The highest BCUT2D eigenvalue weighted by Gasteiger charge is 2.38. The Morgan fingerprint density at radius 1 is 1.42 bits per heavy atom. The summed E-state index contributed by atoms with van der Waals surface area (Å²) in [6.07, 6.45) is 0. The summed E-state index contributed by atoms with van der Waals surface area (Å²) in [6.45, 7) is 0. The van der Waals surface area contributed by atoms with Gasteiger partial charge in [0, 0.05) is 0 Å². The molecule has 0 amide bonds. The molecule has 2 unspecified atom stereocenters. The predicted molar refractivity (Wildman–Crippen MR) is 48.2 cm³/mol. The Kier molecular flexibility index (Phi) is 2.29. The van der Waals surface area contributed by atoms with Crippen LogP contribution in [0.2, 0.25) is 0 Å². The Morgan fingerprint density at radius 3 is 3.00 bits per heavy atom. The van der Waals surface area contributed by atoms with Crippen molar-refractivity contribution in [2.45, 2.75) is 0 Å². The van der Waals surface area contributed by atoms with Crippen LogP contribution in [0.5, 0.6) is 5.75 Å². The van der Waals surface area contributed by atoms with Crippen LogP contribution >= 0.6 is 27.0 Å². The van der Waals surface area contributed by atoms with Gasteiger partial charge in [-0.2, -0.15) is 0 Å². The average Bonchev–Trinajstić information content (AvgIpc) is 2.04. The molecule has 6 heteroatoms. The van der Waals surface area contributed by atoms with E-state index in [1.54, 1.807) is 24.3 Å². The Morgan fingerprint density at radius 2 is 2.17 bits per heavy atom. The number of hydrogen-bond donors (Lipinski definition) is 0. The van der Waals surface area contributed by atoms with Gasteiger partial charge in [0.25, 0.3) is 5.30 Å². The summed E-state index contributed by atoms with van der Waals surface area (Å²) in [5, 5.41) is 0.576. The Bertz CT molecular complexity index is 330. The Labute approximate surface area is 76.2 Å². The molecule has 1 aromatic carbocycles. The summed E-state index contributed by atoms with van der Waals surface area (Å²) in [4.78, 5) is 0. The van der Waals surface area contributed by atoms with Crippen molar-refractivity contribution in [3.63, 3.8) is 0 Å². The first-order valence-corrected chi connectivity index (χ1v) is 6.41. The fourth-order valence-corrected chi connectivity index (χ4v) is 3.45. The maximum Gasteiger partial charge on any atom is 0.560 e. The van der Waals surface area contributed by atoms with Gasteiger partial charge in [-0.1, -0.05) is 16.4 Å². The second-order valence-electron chi connectivity index (χ2n) is 2.11. The summed E-state index contributed by atoms with van der Waals surface area (Å²) in [7, 11) is -3.35. The summed E-state index contributed by atoms with van der Waals surface area (Å²) < 4.78 is 21.2. The fourth-order valence-electron chi connectivity index (χ4n) is 0.881. The van der Waals surface area contributed by atoms with Crippen molar-refractivity contribution in [3.05, 3.63) is 24.3 Å². The molecule has 0 aromatic heterocycles. The molecule has 0 N–H and O–H groups in total. The van der Waals surface area contributed by atoms with E-state index in [1.807, 2.05) is 0 Å². The third-order valence-electron chi connectivity index (χ3n) is 1.37. The van der Waals surface area contributed by atoms with Gasteiger partial charge in [0.15, 0.2) is 5.75 Å². The van der Waals surface area contributed by atoms with Gasteiger partial charge in [-0.3, -0.25) is 0 Å². The zero-order chi connectivity index (χ0) is 8.55. The number of rotatable bonds is 0. The van der Waals surface area contributed by atoms with Crippen LogP contribution in [0.15, 0.2) is 24.3 Å². The zero-order valence-electron chi connectivity index (χ0n) is 5.81. The topological polar surface area (TPSA) is 35.5 Å². The lowest BCUT2D eigenvalue weighted by atomic mass is 10.3. The van der Waals surface area contributed by atoms with Crippen molar-refractivity contribution in [1.82, 2.24) is 0 Å². The quantitative estimate of drug-likeness (QED) is 0.632. The molecule has 0 aliphatic carbocycles. The summed E-state index contributed by atoms with van der Waals surface area (Å²) in [6, 6.07) is 7.00. The van der Waals surface area contributed by atoms with Crippen LogP contribution in [0.1, 0.15) is 0 Å². The van der Waals surface area contributed by atoms with Gasteiger partial charge in [-0.15, -0.1) is 0 Å². The van der Waals surface area contributed by atoms with Gasteiger partial charge >= 0.3 is 15.8 Å². The van der Waals surface area contributed by atoms with Crippen LogP contribution in [-0.4, -0.2) is 0 Å². The molecule has 0 fully saturated rings. The largest absolute Gasteiger partial charge is 0.560 e. The molecular formula is C6H4ClO3P2+. The number of fused-ring (bicyclic) bond motifs is 1. The minimum absolute atomic E-state index is 0.561. The van der Waals surface area contributed by atoms with Crippen molar-refractivity contribution in [2.24, 2.45) is 0 Å². The average molecular weight is 221 g/mol. The van der Waals surface area contributed by atoms with E-state index in [-0.39, 0.29) is 0 Å². The molecule has 0 spiro atoms. The second-order valence-corrected chi connectivity index (χ2v) is 5.20. The third-order valence-corrected chi connectivity index (χ3v) is 4.34. The minimum Gasteiger partial charge on any atom is -0.428 e. The van der Waals surface area contributed by atoms with Gasteiger partial charge in [-0.25, -0.2) is 0 Å². The highest BCUT2D eigenvalue weighted by atomic mass is 35.7. The maximum absolute atomic E-state index is 11.3. The first-order chi connectivity index (χ1) is 5.77. The van der Waals surface area contributed by atoms with E-state index < -0.39 is 15.8 Å². The molecule has 2 rings (SSSR count). The Balaban J connectivity index is 2.47. The lowest BCUT2D eigenvalue weighted by Gasteiger charge is -2.09. The molecule has 1 heterocycles. The van der Waals surface area contributed by atoms with E-state index in [1.165, 1.54) is 0 Å². The zero-order valence-corrected chi connectivity index (χ0v) is 8.35. The maximum atomic E-state index is 11.3. The number of hydrogen-bond acceptors (Lipinski definition) is 3. The van der Waals surface area contributed by atoms with Gasteiger partial charge in [0.05, 0.1) is 0 Å². The van der Waals surface area contributed by atoms with Crippen LogP contribution in [0, 0.1) is 0 Å². The molecule has 3 nitrogen and oxygen atoms in total. The summed E-state index contributed by atoms with van der Waals surface area (Å²) in [5.41, 5.74) is 0. The van der Waals surface area contributed by atoms with E-state index in [9.17, 15) is 4.57 Å². The summed E-state index contributed by atoms with van der Waals surface area (Å²) >= 11 is 5.58. The number of benzene rings is 1. The smallest absolute Gasteiger partial charge is 0.428 e. The fraction of sp³-hybridized carbons (Fsp3) is 0. The lowest BCUT2D eigenvalue weighted by molar-refractivity contribution is 0.483. The van der Waals surface area contributed by atoms with Gasteiger partial charge in [0.2, 0.25) is 0 Å². The SMILES string of the molecule is O=[P+]1OP(Cl)Oc2ccccc21. The standard InChI is InChI=1S/C6H4ClO3P2/c7-12-9-5-3-1-2-4-6(5)11(8)10-12/h1-4H/q+1. The van der Waals surface area contributed by atoms with Gasteiger partial charge in [0.1, 0.15) is 0 Å². The van der Waals surface area contributed by atoms with E-state index >= 15 is 0 Å². The molecule has 1 aliphatic rings. The molecule has 0 radical (unpaired) electrons. The van der Waals surface area contributed by atoms with E-state index in [2.05, 4.69) is 0 Å². The van der Waals surface area contributed by atoms with Crippen LogP contribution in [-0.2, 0) is 8.88 Å². The predicted octanol–water partition coefficient (Wildman–Crippen LogP) is 2.93. The second kappa shape index (κ2) is 3.27. The van der Waals surface area contributed by atoms with Crippen LogP contribution in [0.4, 0.5) is 0 Å². The van der Waals surface area contributed by atoms with E-state index in [4.69, 9.17) is 20.1 Å². The molecule has 1 aliphatic heterocycles. The molecule has 0 saturated carbocycles. The molecule has 1 aromatic rings. The monoisotopic (exact) mass is 221 g/mol. The first kappa shape index (κ1) is 8.40. The first-order valence-electron chi connectivity index (χ1n) is 3.15. The molecule has 12 heavy (non-hydrogen) atoms. The Hall–Kier alpha value is -0.200. The van der Waals surface area contributed by atoms with Crippen molar-refractivity contribution < 1.29 is 13.4 Å². The lowest BCUT2D eigenvalue weighted by Crippen LogP contribution is -2.06.